The van der Waals surface area contributed by atoms with Crippen LogP contribution in [0.3, 0.4) is 0 Å². The van der Waals surface area contributed by atoms with Crippen molar-refractivity contribution in [1.29, 1.82) is 0 Å². The predicted molar refractivity (Wildman–Crippen MR) is 114 cm³/mol. The fraction of sp³-hybridized carbons (Fsp3) is 0.174. The smallest absolute Gasteiger partial charge is 0.185 e. The van der Waals surface area contributed by atoms with Gasteiger partial charge in [0.15, 0.2) is 10.9 Å². The van der Waals surface area contributed by atoms with E-state index in [0.717, 1.165) is 22.1 Å². The normalized spacial score (nSPS) is 22.9. The Hall–Kier alpha value is -2.56. The molecule has 0 bridgehead atoms. The summed E-state index contributed by atoms with van der Waals surface area (Å²) in [5.74, 6) is 0. The van der Waals surface area contributed by atoms with Crippen molar-refractivity contribution in [2.45, 2.75) is 24.3 Å². The largest absolute Gasteiger partial charge is 0.365 e. The van der Waals surface area contributed by atoms with Gasteiger partial charge in [-0.25, -0.2) is 4.99 Å². The lowest BCUT2D eigenvalue weighted by Crippen LogP contribution is -2.53. The standard InChI is InChI=1S/C23H22N2OS/c1-22(2)23(26,18-12-6-3-7-13-18)25(20-16-10-5-11-17-20)21(27-22)24-19-14-8-4-9-15-19/h3-17,26H,1-2H3. The van der Waals surface area contributed by atoms with Crippen LogP contribution in [0.4, 0.5) is 11.4 Å². The van der Waals surface area contributed by atoms with E-state index in [4.69, 9.17) is 4.99 Å². The number of amidine groups is 1. The summed E-state index contributed by atoms with van der Waals surface area (Å²) in [5.41, 5.74) is 1.41. The first-order valence-corrected chi connectivity index (χ1v) is 9.80. The number of thioether (sulfide) groups is 1. The zero-order chi connectivity index (χ0) is 18.9. The Labute approximate surface area is 164 Å². The second-order valence-electron chi connectivity index (χ2n) is 7.05. The zero-order valence-electron chi connectivity index (χ0n) is 15.4. The number of nitrogens with zero attached hydrogens (tertiary/aromatic N) is 2. The Balaban J connectivity index is 1.93. The molecule has 1 aliphatic rings. The van der Waals surface area contributed by atoms with Crippen molar-refractivity contribution in [3.05, 3.63) is 96.6 Å². The summed E-state index contributed by atoms with van der Waals surface area (Å²) in [6.07, 6.45) is 0. The van der Waals surface area contributed by atoms with E-state index in [0.29, 0.717) is 0 Å². The summed E-state index contributed by atoms with van der Waals surface area (Å²) in [6.45, 7) is 4.13. The van der Waals surface area contributed by atoms with E-state index in [9.17, 15) is 5.11 Å². The Morgan fingerprint density at radius 2 is 1.30 bits per heavy atom. The van der Waals surface area contributed by atoms with Gasteiger partial charge in [0, 0.05) is 11.3 Å². The van der Waals surface area contributed by atoms with Gasteiger partial charge in [-0.2, -0.15) is 0 Å². The van der Waals surface area contributed by atoms with Gasteiger partial charge in [0.1, 0.15) is 0 Å². The highest BCUT2D eigenvalue weighted by Gasteiger charge is 2.58. The van der Waals surface area contributed by atoms with E-state index in [2.05, 4.69) is 13.8 Å². The molecule has 0 radical (unpaired) electrons. The molecular formula is C23H22N2OS. The van der Waals surface area contributed by atoms with Crippen LogP contribution in [0, 0.1) is 0 Å². The maximum Gasteiger partial charge on any atom is 0.185 e. The van der Waals surface area contributed by atoms with Crippen LogP contribution in [-0.2, 0) is 5.72 Å². The molecule has 1 N–H and O–H groups in total. The summed E-state index contributed by atoms with van der Waals surface area (Å²) in [7, 11) is 0. The molecule has 1 fully saturated rings. The monoisotopic (exact) mass is 374 g/mol. The number of hydrogen-bond donors (Lipinski definition) is 1. The molecule has 0 saturated carbocycles. The van der Waals surface area contributed by atoms with Crippen molar-refractivity contribution in [1.82, 2.24) is 0 Å². The Kier molecular flexibility index (Phi) is 4.54. The first kappa shape index (κ1) is 17.8. The van der Waals surface area contributed by atoms with Crippen LogP contribution in [0.2, 0.25) is 0 Å². The van der Waals surface area contributed by atoms with Gasteiger partial charge in [-0.15, -0.1) is 0 Å². The highest BCUT2D eigenvalue weighted by atomic mass is 32.2. The number of benzene rings is 3. The van der Waals surface area contributed by atoms with Crippen molar-refractivity contribution >= 4 is 28.3 Å². The first-order chi connectivity index (χ1) is 13.0. The minimum absolute atomic E-state index is 0.502. The molecule has 1 saturated heterocycles. The molecule has 0 amide bonds. The van der Waals surface area contributed by atoms with Crippen molar-refractivity contribution < 1.29 is 5.11 Å². The first-order valence-electron chi connectivity index (χ1n) is 8.98. The molecular weight excluding hydrogens is 352 g/mol. The Bertz CT molecular complexity index is 942. The molecule has 4 rings (SSSR count). The summed E-state index contributed by atoms with van der Waals surface area (Å²) < 4.78 is -0.502. The van der Waals surface area contributed by atoms with Crippen LogP contribution < -0.4 is 4.90 Å². The molecule has 0 aliphatic carbocycles. The molecule has 3 aromatic carbocycles. The molecule has 1 unspecified atom stereocenters. The third-order valence-electron chi connectivity index (χ3n) is 4.87. The Morgan fingerprint density at radius 3 is 1.89 bits per heavy atom. The number of anilines is 1. The number of para-hydroxylation sites is 2. The van der Waals surface area contributed by atoms with Crippen molar-refractivity contribution in [3.8, 4) is 0 Å². The van der Waals surface area contributed by atoms with Gasteiger partial charge < -0.3 is 5.11 Å². The van der Waals surface area contributed by atoms with Crippen LogP contribution in [-0.4, -0.2) is 15.0 Å². The van der Waals surface area contributed by atoms with Crippen LogP contribution in [0.1, 0.15) is 19.4 Å². The zero-order valence-corrected chi connectivity index (χ0v) is 16.2. The molecule has 136 valence electrons. The minimum atomic E-state index is -1.23. The quantitative estimate of drug-likeness (QED) is 0.653. The molecule has 3 aromatic rings. The van der Waals surface area contributed by atoms with Gasteiger partial charge in [0.05, 0.1) is 10.4 Å². The number of rotatable bonds is 3. The second-order valence-corrected chi connectivity index (χ2v) is 8.64. The van der Waals surface area contributed by atoms with E-state index in [-0.39, 0.29) is 0 Å². The van der Waals surface area contributed by atoms with Gasteiger partial charge in [-0.3, -0.25) is 4.90 Å². The number of aliphatic hydroxyl groups is 1. The molecule has 1 heterocycles. The average molecular weight is 375 g/mol. The van der Waals surface area contributed by atoms with Crippen molar-refractivity contribution in [2.24, 2.45) is 4.99 Å². The third kappa shape index (κ3) is 3.05. The molecule has 0 aromatic heterocycles. The van der Waals surface area contributed by atoms with E-state index in [1.165, 1.54) is 0 Å². The topological polar surface area (TPSA) is 35.8 Å². The SMILES string of the molecule is CC1(C)SC(=Nc2ccccc2)N(c2ccccc2)C1(O)c1ccccc1. The van der Waals surface area contributed by atoms with Crippen LogP contribution >= 0.6 is 11.8 Å². The van der Waals surface area contributed by atoms with E-state index < -0.39 is 10.5 Å². The fourth-order valence-corrected chi connectivity index (χ4v) is 4.75. The maximum absolute atomic E-state index is 12.1. The molecule has 1 atom stereocenters. The van der Waals surface area contributed by atoms with Gasteiger partial charge in [0.25, 0.3) is 0 Å². The summed E-state index contributed by atoms with van der Waals surface area (Å²) >= 11 is 1.59. The number of hydrogen-bond acceptors (Lipinski definition) is 3. The molecule has 27 heavy (non-hydrogen) atoms. The predicted octanol–water partition coefficient (Wildman–Crippen LogP) is 5.55. The molecule has 1 aliphatic heterocycles. The summed E-state index contributed by atoms with van der Waals surface area (Å²) in [6, 6.07) is 29.7. The van der Waals surface area contributed by atoms with Gasteiger partial charge in [0.2, 0.25) is 0 Å². The lowest BCUT2D eigenvalue weighted by Gasteiger charge is -2.41. The van der Waals surface area contributed by atoms with E-state index >= 15 is 0 Å². The summed E-state index contributed by atoms with van der Waals surface area (Å²) in [5, 5.41) is 12.9. The highest BCUT2D eigenvalue weighted by Crippen LogP contribution is 2.54. The van der Waals surface area contributed by atoms with Gasteiger partial charge >= 0.3 is 0 Å². The maximum atomic E-state index is 12.1. The molecule has 3 nitrogen and oxygen atoms in total. The highest BCUT2D eigenvalue weighted by molar-refractivity contribution is 8.15. The molecule has 4 heteroatoms. The van der Waals surface area contributed by atoms with Crippen molar-refractivity contribution in [2.75, 3.05) is 4.90 Å². The minimum Gasteiger partial charge on any atom is -0.365 e. The third-order valence-corrected chi connectivity index (χ3v) is 6.12. The van der Waals surface area contributed by atoms with Crippen molar-refractivity contribution in [3.63, 3.8) is 0 Å². The van der Waals surface area contributed by atoms with Crippen LogP contribution in [0.5, 0.6) is 0 Å². The lowest BCUT2D eigenvalue weighted by molar-refractivity contribution is 0.0210. The summed E-state index contributed by atoms with van der Waals surface area (Å²) in [4.78, 5) is 6.84. The van der Waals surface area contributed by atoms with E-state index in [1.807, 2.05) is 95.9 Å². The fourth-order valence-electron chi connectivity index (χ4n) is 3.46. The van der Waals surface area contributed by atoms with Gasteiger partial charge in [-0.1, -0.05) is 78.5 Å². The lowest BCUT2D eigenvalue weighted by atomic mass is 9.89. The molecule has 0 spiro atoms. The Morgan fingerprint density at radius 1 is 0.778 bits per heavy atom. The van der Waals surface area contributed by atoms with Gasteiger partial charge in [-0.05, 0) is 38.1 Å². The van der Waals surface area contributed by atoms with Crippen LogP contribution in [0.15, 0.2) is 96.0 Å². The number of aliphatic imine (C=N–C) groups is 1. The van der Waals surface area contributed by atoms with E-state index in [1.54, 1.807) is 11.8 Å². The second kappa shape index (κ2) is 6.87. The average Bonchev–Trinajstić information content (AvgIpc) is 2.90. The van der Waals surface area contributed by atoms with Crippen LogP contribution in [0.25, 0.3) is 0 Å².